The Morgan fingerprint density at radius 3 is 3.00 bits per heavy atom. The van der Waals surface area contributed by atoms with Crippen LogP contribution in [0.5, 0.6) is 0 Å². The summed E-state index contributed by atoms with van der Waals surface area (Å²) in [6, 6.07) is 3.90. The molecule has 5 heteroatoms. The van der Waals surface area contributed by atoms with Crippen LogP contribution in [0.3, 0.4) is 0 Å². The van der Waals surface area contributed by atoms with Gasteiger partial charge in [0.25, 0.3) is 5.65 Å². The zero-order valence-corrected chi connectivity index (χ0v) is 11.4. The molecule has 0 saturated carbocycles. The van der Waals surface area contributed by atoms with Crippen LogP contribution in [-0.4, -0.2) is 19.1 Å². The molecule has 5 rings (SSSR count). The highest BCUT2D eigenvalue weighted by Crippen LogP contribution is 2.36. The van der Waals surface area contributed by atoms with Crippen LogP contribution < -0.4 is 4.57 Å². The molecule has 5 heterocycles. The molecule has 5 nitrogen and oxygen atoms in total. The summed E-state index contributed by atoms with van der Waals surface area (Å²) in [5.41, 5.74) is 4.49. The molecule has 0 aliphatic carbocycles. The Balaban J connectivity index is 2.02. The Labute approximate surface area is 125 Å². The summed E-state index contributed by atoms with van der Waals surface area (Å²) in [5.74, 6) is 0.986. The van der Waals surface area contributed by atoms with Crippen molar-refractivity contribution in [2.75, 3.05) is 0 Å². The first kappa shape index (κ1) is 8.56. The predicted octanol–water partition coefficient (Wildman–Crippen LogP) is 1.78. The Hall–Kier alpha value is -2.69. The van der Waals surface area contributed by atoms with Gasteiger partial charge in [-0.2, -0.15) is 0 Å². The van der Waals surface area contributed by atoms with E-state index in [0.29, 0.717) is 17.7 Å². The van der Waals surface area contributed by atoms with Crippen LogP contribution in [-0.2, 0) is 20.6 Å². The SMILES string of the molecule is [2H]C([2H])([2H])n1c2cnccc2c2c1[n+](C)c1n2Cc2ccncc2-1. The number of hydrogen-bond donors (Lipinski definition) is 0. The molecule has 0 aromatic carbocycles. The fraction of sp³-hybridized carbons (Fsp3) is 0.188. The molecule has 1 aliphatic heterocycles. The third kappa shape index (κ3) is 1.15. The van der Waals surface area contributed by atoms with E-state index in [2.05, 4.69) is 14.5 Å². The molecule has 0 fully saturated rings. The van der Waals surface area contributed by atoms with Gasteiger partial charge in [-0.15, -0.1) is 0 Å². The molecular weight excluding hydrogens is 262 g/mol. The molecule has 1 aliphatic rings. The van der Waals surface area contributed by atoms with E-state index in [1.165, 1.54) is 10.1 Å². The van der Waals surface area contributed by atoms with Crippen molar-refractivity contribution in [1.29, 1.82) is 0 Å². The monoisotopic (exact) mass is 279 g/mol. The van der Waals surface area contributed by atoms with Crippen LogP contribution in [0.4, 0.5) is 0 Å². The summed E-state index contributed by atoms with van der Waals surface area (Å²) in [6.45, 7) is -1.56. The lowest BCUT2D eigenvalue weighted by Crippen LogP contribution is -2.31. The first-order chi connectivity index (χ1) is 11.5. The molecule has 0 bridgehead atoms. The summed E-state index contributed by atoms with van der Waals surface area (Å²) in [7, 11) is 1.91. The molecule has 4 aromatic rings. The van der Waals surface area contributed by atoms with Gasteiger partial charge in [0, 0.05) is 24.2 Å². The highest BCUT2D eigenvalue weighted by Gasteiger charge is 2.34. The maximum atomic E-state index is 7.98. The molecule has 102 valence electrons. The lowest BCUT2D eigenvalue weighted by Gasteiger charge is -1.98. The maximum absolute atomic E-state index is 7.98. The van der Waals surface area contributed by atoms with Crippen LogP contribution in [0.2, 0.25) is 0 Å². The van der Waals surface area contributed by atoms with E-state index in [1.807, 2.05) is 29.9 Å². The van der Waals surface area contributed by atoms with Crippen molar-refractivity contribution in [3.8, 4) is 11.4 Å². The van der Waals surface area contributed by atoms with Gasteiger partial charge in [-0.25, -0.2) is 9.13 Å². The second-order valence-electron chi connectivity index (χ2n) is 5.40. The van der Waals surface area contributed by atoms with Gasteiger partial charge in [0.05, 0.1) is 41.8 Å². The third-order valence-corrected chi connectivity index (χ3v) is 4.36. The van der Waals surface area contributed by atoms with Gasteiger partial charge in [0.2, 0.25) is 5.82 Å². The van der Waals surface area contributed by atoms with Crippen molar-refractivity contribution in [1.82, 2.24) is 19.1 Å². The molecule has 0 N–H and O–H groups in total. The predicted molar refractivity (Wildman–Crippen MR) is 79.7 cm³/mol. The molecule has 0 unspecified atom stereocenters. The van der Waals surface area contributed by atoms with Gasteiger partial charge < -0.3 is 0 Å². The lowest BCUT2D eigenvalue weighted by molar-refractivity contribution is -0.636. The van der Waals surface area contributed by atoms with E-state index in [4.69, 9.17) is 4.11 Å². The van der Waals surface area contributed by atoms with E-state index in [1.54, 1.807) is 18.6 Å². The highest BCUT2D eigenvalue weighted by atomic mass is 15.2. The number of hydrogen-bond acceptors (Lipinski definition) is 2. The van der Waals surface area contributed by atoms with Crippen LogP contribution in [0.25, 0.3) is 33.5 Å². The van der Waals surface area contributed by atoms with Crippen molar-refractivity contribution < 1.29 is 8.68 Å². The molecule has 0 amide bonds. The second kappa shape index (κ2) is 3.49. The topological polar surface area (TPSA) is 39.5 Å². The molecule has 0 atom stereocenters. The minimum atomic E-state index is -2.28. The smallest absolute Gasteiger partial charge is 0.264 e. The van der Waals surface area contributed by atoms with Crippen LogP contribution in [0.15, 0.2) is 36.9 Å². The fourth-order valence-corrected chi connectivity index (χ4v) is 3.48. The van der Waals surface area contributed by atoms with Crippen LogP contribution >= 0.6 is 0 Å². The average Bonchev–Trinajstić information content (AvgIpc) is 3.15. The number of imidazole rings is 1. The van der Waals surface area contributed by atoms with Crippen LogP contribution in [0, 0.1) is 0 Å². The molecular formula is C16H14N5+. The lowest BCUT2D eigenvalue weighted by atomic mass is 10.2. The normalized spacial score (nSPS) is 15.8. The van der Waals surface area contributed by atoms with Gasteiger partial charge in [-0.05, 0) is 12.1 Å². The third-order valence-electron chi connectivity index (χ3n) is 4.36. The standard InChI is InChI=1S/C16H14N5/c1-19-13-8-18-6-4-11(13)14-16(19)20(2)15-12-7-17-5-3-10(12)9-21(14)15/h3-8H,9H2,1-2H3/q+1/i1D3. The van der Waals surface area contributed by atoms with Gasteiger partial charge in [0.15, 0.2) is 5.52 Å². The van der Waals surface area contributed by atoms with Crippen molar-refractivity contribution in [3.63, 3.8) is 0 Å². The van der Waals surface area contributed by atoms with Gasteiger partial charge in [0.1, 0.15) is 5.52 Å². The van der Waals surface area contributed by atoms with E-state index in [0.717, 1.165) is 22.3 Å². The first-order valence-corrected chi connectivity index (χ1v) is 6.79. The zero-order chi connectivity index (χ0) is 16.6. The molecule has 0 spiro atoms. The van der Waals surface area contributed by atoms with E-state index >= 15 is 0 Å². The number of rotatable bonds is 0. The van der Waals surface area contributed by atoms with E-state index < -0.39 is 6.98 Å². The van der Waals surface area contributed by atoms with Gasteiger partial charge >= 0.3 is 0 Å². The number of aromatic nitrogens is 5. The minimum absolute atomic E-state index is 0.627. The second-order valence-corrected chi connectivity index (χ2v) is 5.40. The molecule has 4 aromatic heterocycles. The summed E-state index contributed by atoms with van der Waals surface area (Å²) < 4.78 is 29.5. The van der Waals surface area contributed by atoms with Crippen LogP contribution in [0.1, 0.15) is 9.68 Å². The summed E-state index contributed by atoms with van der Waals surface area (Å²) in [4.78, 5) is 8.36. The Kier molecular flexibility index (Phi) is 1.42. The Morgan fingerprint density at radius 2 is 2.10 bits per heavy atom. The molecule has 0 radical (unpaired) electrons. The van der Waals surface area contributed by atoms with Crippen molar-refractivity contribution in [2.45, 2.75) is 6.54 Å². The van der Waals surface area contributed by atoms with Gasteiger partial charge in [-0.1, -0.05) is 0 Å². The van der Waals surface area contributed by atoms with Crippen molar-refractivity contribution in [2.24, 2.45) is 14.0 Å². The summed E-state index contributed by atoms with van der Waals surface area (Å²) in [5, 5.41) is 0.902. The van der Waals surface area contributed by atoms with Crippen molar-refractivity contribution in [3.05, 3.63) is 42.5 Å². The molecule has 0 saturated heterocycles. The summed E-state index contributed by atoms with van der Waals surface area (Å²) in [6.07, 6.45) is 6.96. The number of nitrogens with zero attached hydrogens (tertiary/aromatic N) is 5. The number of pyridine rings is 2. The van der Waals surface area contributed by atoms with Gasteiger partial charge in [-0.3, -0.25) is 14.5 Å². The number of fused-ring (bicyclic) bond motifs is 7. The number of aryl methyl sites for hydroxylation is 2. The maximum Gasteiger partial charge on any atom is 0.269 e. The zero-order valence-electron chi connectivity index (χ0n) is 14.4. The Bertz CT molecular complexity index is 1140. The average molecular weight is 279 g/mol. The van der Waals surface area contributed by atoms with Crippen molar-refractivity contribution >= 4 is 22.1 Å². The first-order valence-electron chi connectivity index (χ1n) is 8.29. The van der Waals surface area contributed by atoms with E-state index in [-0.39, 0.29) is 0 Å². The van der Waals surface area contributed by atoms with E-state index in [9.17, 15) is 0 Å². The molecule has 21 heavy (non-hydrogen) atoms. The largest absolute Gasteiger partial charge is 0.269 e. The summed E-state index contributed by atoms with van der Waals surface area (Å²) >= 11 is 0. The quantitative estimate of drug-likeness (QED) is 0.405. The Morgan fingerprint density at radius 1 is 1.24 bits per heavy atom. The highest BCUT2D eigenvalue weighted by molar-refractivity contribution is 6.04. The fourth-order valence-electron chi connectivity index (χ4n) is 3.48. The minimum Gasteiger partial charge on any atom is -0.264 e.